The minimum Gasteiger partial charge on any atom is -0.330 e. The van der Waals surface area contributed by atoms with E-state index >= 15 is 0 Å². The summed E-state index contributed by atoms with van der Waals surface area (Å²) in [4.78, 5) is 11.9. The van der Waals surface area contributed by atoms with Crippen LogP contribution in [0.25, 0.3) is 11.0 Å². The highest BCUT2D eigenvalue weighted by molar-refractivity contribution is 5.75. The number of piperidine rings is 1. The highest BCUT2D eigenvalue weighted by atomic mass is 15.4. The van der Waals surface area contributed by atoms with Crippen LogP contribution in [-0.4, -0.2) is 41.8 Å². The number of rotatable bonds is 4. The van der Waals surface area contributed by atoms with E-state index in [1.54, 1.807) is 0 Å². The Morgan fingerprint density at radius 2 is 1.96 bits per heavy atom. The van der Waals surface area contributed by atoms with Gasteiger partial charge >= 0.3 is 0 Å². The van der Waals surface area contributed by atoms with Crippen LogP contribution in [0.3, 0.4) is 0 Å². The fourth-order valence-corrected chi connectivity index (χ4v) is 3.93. The van der Waals surface area contributed by atoms with Gasteiger partial charge in [-0.3, -0.25) is 4.90 Å². The van der Waals surface area contributed by atoms with Crippen molar-refractivity contribution >= 4 is 11.0 Å². The van der Waals surface area contributed by atoms with Crippen molar-refractivity contribution in [2.75, 3.05) is 6.54 Å². The molecule has 0 aliphatic carbocycles. The van der Waals surface area contributed by atoms with Crippen molar-refractivity contribution in [1.29, 1.82) is 0 Å². The number of benzene rings is 1. The van der Waals surface area contributed by atoms with Gasteiger partial charge < -0.3 is 4.57 Å². The molecule has 6 heteroatoms. The van der Waals surface area contributed by atoms with Gasteiger partial charge in [-0.25, -0.2) is 14.6 Å². The van der Waals surface area contributed by atoms with Gasteiger partial charge in [-0.05, 0) is 45.4 Å². The number of aromatic nitrogens is 5. The molecule has 2 aromatic heterocycles. The van der Waals surface area contributed by atoms with E-state index in [0.29, 0.717) is 6.04 Å². The van der Waals surface area contributed by atoms with E-state index in [9.17, 15) is 0 Å². The lowest BCUT2D eigenvalue weighted by atomic mass is 10.0. The molecule has 0 saturated carbocycles. The zero-order valence-corrected chi connectivity index (χ0v) is 15.3. The van der Waals surface area contributed by atoms with E-state index in [1.165, 1.54) is 24.8 Å². The zero-order chi connectivity index (χ0) is 17.4. The normalized spacial score (nSPS) is 18.9. The fourth-order valence-electron chi connectivity index (χ4n) is 3.93. The maximum absolute atomic E-state index is 4.86. The summed E-state index contributed by atoms with van der Waals surface area (Å²) in [5.74, 6) is 3.00. The standard InChI is InChI=1S/C19H26N6/c1-14-20-15(2)25(22-14)12-16-8-6-7-11-24(16)13-19-21-17-9-4-5-10-18(17)23(19)3/h4-5,9-10,16H,6-8,11-13H2,1-3H3/t16-/m1/s1. The number of aryl methyl sites for hydroxylation is 3. The van der Waals surface area contributed by atoms with Gasteiger partial charge in [0.2, 0.25) is 0 Å². The topological polar surface area (TPSA) is 51.8 Å². The Kier molecular flexibility index (Phi) is 4.29. The molecule has 6 nitrogen and oxygen atoms in total. The molecule has 1 saturated heterocycles. The third kappa shape index (κ3) is 3.18. The minimum atomic E-state index is 0.494. The van der Waals surface area contributed by atoms with Crippen molar-refractivity contribution in [2.24, 2.45) is 7.05 Å². The van der Waals surface area contributed by atoms with Crippen molar-refractivity contribution in [3.63, 3.8) is 0 Å². The molecule has 3 heterocycles. The monoisotopic (exact) mass is 338 g/mol. The van der Waals surface area contributed by atoms with E-state index in [-0.39, 0.29) is 0 Å². The number of hydrogen-bond acceptors (Lipinski definition) is 4. The summed E-state index contributed by atoms with van der Waals surface area (Å²) in [6.45, 7) is 6.93. The Morgan fingerprint density at radius 3 is 2.72 bits per heavy atom. The lowest BCUT2D eigenvalue weighted by Gasteiger charge is -2.35. The molecule has 1 aliphatic rings. The van der Waals surface area contributed by atoms with Crippen LogP contribution in [-0.2, 0) is 20.1 Å². The highest BCUT2D eigenvalue weighted by Crippen LogP contribution is 2.22. The molecule has 0 radical (unpaired) electrons. The van der Waals surface area contributed by atoms with Gasteiger partial charge in [0, 0.05) is 13.1 Å². The van der Waals surface area contributed by atoms with Gasteiger partial charge in [0.15, 0.2) is 0 Å². The van der Waals surface area contributed by atoms with Gasteiger partial charge in [-0.1, -0.05) is 18.6 Å². The van der Waals surface area contributed by atoms with Crippen LogP contribution in [0.15, 0.2) is 24.3 Å². The smallest absolute Gasteiger partial charge is 0.147 e. The van der Waals surface area contributed by atoms with Crippen molar-refractivity contribution in [1.82, 2.24) is 29.2 Å². The maximum Gasteiger partial charge on any atom is 0.147 e. The predicted octanol–water partition coefficient (Wildman–Crippen LogP) is 2.84. The highest BCUT2D eigenvalue weighted by Gasteiger charge is 2.25. The largest absolute Gasteiger partial charge is 0.330 e. The van der Waals surface area contributed by atoms with E-state index in [4.69, 9.17) is 4.98 Å². The first-order chi connectivity index (χ1) is 12.1. The van der Waals surface area contributed by atoms with Crippen LogP contribution >= 0.6 is 0 Å². The summed E-state index contributed by atoms with van der Waals surface area (Å²) in [5.41, 5.74) is 2.28. The Bertz CT molecular complexity index is 877. The number of likely N-dealkylation sites (tertiary alicyclic amines) is 1. The summed E-state index contributed by atoms with van der Waals surface area (Å²) in [7, 11) is 2.12. The van der Waals surface area contributed by atoms with Crippen molar-refractivity contribution < 1.29 is 0 Å². The van der Waals surface area contributed by atoms with E-state index in [1.807, 2.05) is 13.8 Å². The fraction of sp³-hybridized carbons (Fsp3) is 0.526. The van der Waals surface area contributed by atoms with Crippen molar-refractivity contribution in [3.8, 4) is 0 Å². The first-order valence-electron chi connectivity index (χ1n) is 9.14. The van der Waals surface area contributed by atoms with E-state index in [2.05, 4.69) is 55.5 Å². The number of hydrogen-bond donors (Lipinski definition) is 0. The molecule has 1 atom stereocenters. The summed E-state index contributed by atoms with van der Waals surface area (Å²) >= 11 is 0. The minimum absolute atomic E-state index is 0.494. The van der Waals surface area contributed by atoms with Crippen LogP contribution in [0.1, 0.15) is 36.7 Å². The Labute approximate surface area is 148 Å². The lowest BCUT2D eigenvalue weighted by Crippen LogP contribution is -2.42. The van der Waals surface area contributed by atoms with Crippen LogP contribution in [0, 0.1) is 13.8 Å². The summed E-state index contributed by atoms with van der Waals surface area (Å²) in [5, 5.41) is 4.56. The van der Waals surface area contributed by atoms with Gasteiger partial charge in [-0.15, -0.1) is 0 Å². The van der Waals surface area contributed by atoms with E-state index < -0.39 is 0 Å². The Hall–Kier alpha value is -2.21. The number of nitrogens with zero attached hydrogens (tertiary/aromatic N) is 6. The molecular formula is C19H26N6. The van der Waals surface area contributed by atoms with E-state index in [0.717, 1.165) is 42.6 Å². The molecule has 1 aliphatic heterocycles. The lowest BCUT2D eigenvalue weighted by molar-refractivity contribution is 0.117. The van der Waals surface area contributed by atoms with Crippen LogP contribution < -0.4 is 0 Å². The third-order valence-electron chi connectivity index (χ3n) is 5.32. The first kappa shape index (κ1) is 16.3. The maximum atomic E-state index is 4.86. The van der Waals surface area contributed by atoms with Gasteiger partial charge in [0.05, 0.1) is 24.1 Å². The second kappa shape index (κ2) is 6.59. The second-order valence-electron chi connectivity index (χ2n) is 7.08. The zero-order valence-electron chi connectivity index (χ0n) is 15.3. The van der Waals surface area contributed by atoms with Gasteiger partial charge in [0.25, 0.3) is 0 Å². The molecule has 0 spiro atoms. The van der Waals surface area contributed by atoms with Crippen LogP contribution in [0.5, 0.6) is 0 Å². The summed E-state index contributed by atoms with van der Waals surface area (Å²) in [6, 6.07) is 8.86. The number of imidazole rings is 1. The SMILES string of the molecule is Cc1nc(C)n(C[C@H]2CCCCN2Cc2nc3ccccc3n2C)n1. The Balaban J connectivity index is 1.56. The third-order valence-corrected chi connectivity index (χ3v) is 5.32. The average Bonchev–Trinajstić information content (AvgIpc) is 3.09. The van der Waals surface area contributed by atoms with Crippen LogP contribution in [0.4, 0.5) is 0 Å². The molecule has 0 N–H and O–H groups in total. The van der Waals surface area contributed by atoms with Crippen molar-refractivity contribution in [2.45, 2.75) is 52.2 Å². The van der Waals surface area contributed by atoms with Gasteiger partial charge in [0.1, 0.15) is 17.5 Å². The second-order valence-corrected chi connectivity index (χ2v) is 7.08. The molecule has 4 rings (SSSR count). The molecule has 1 aromatic carbocycles. The number of para-hydroxylation sites is 2. The molecule has 0 amide bonds. The predicted molar refractivity (Wildman–Crippen MR) is 98.3 cm³/mol. The average molecular weight is 338 g/mol. The summed E-state index contributed by atoms with van der Waals surface area (Å²) in [6.07, 6.45) is 3.76. The molecule has 0 unspecified atom stereocenters. The molecule has 3 aromatic rings. The van der Waals surface area contributed by atoms with Crippen LogP contribution in [0.2, 0.25) is 0 Å². The first-order valence-corrected chi connectivity index (χ1v) is 9.14. The Morgan fingerprint density at radius 1 is 1.12 bits per heavy atom. The molecule has 132 valence electrons. The molecule has 1 fully saturated rings. The van der Waals surface area contributed by atoms with Gasteiger partial charge in [-0.2, -0.15) is 5.10 Å². The molecule has 25 heavy (non-hydrogen) atoms. The molecular weight excluding hydrogens is 312 g/mol. The number of fused-ring (bicyclic) bond motifs is 1. The van der Waals surface area contributed by atoms with Crippen molar-refractivity contribution in [3.05, 3.63) is 41.7 Å². The quantitative estimate of drug-likeness (QED) is 0.734. The molecule has 0 bridgehead atoms. The summed E-state index contributed by atoms with van der Waals surface area (Å²) < 4.78 is 4.29.